The summed E-state index contributed by atoms with van der Waals surface area (Å²) in [5, 5.41) is 3.28. The number of hydrogen-bond acceptors (Lipinski definition) is 3. The summed E-state index contributed by atoms with van der Waals surface area (Å²) in [5.41, 5.74) is 9.54. The molecule has 3 rings (SSSR count). The lowest BCUT2D eigenvalue weighted by atomic mass is 10.1. The summed E-state index contributed by atoms with van der Waals surface area (Å²) in [5.74, 6) is 0.526. The van der Waals surface area contributed by atoms with Crippen molar-refractivity contribution < 1.29 is 4.74 Å². The summed E-state index contributed by atoms with van der Waals surface area (Å²) < 4.78 is 5.78. The Hall–Kier alpha value is -2.37. The molecule has 1 atom stereocenters. The molecule has 0 radical (unpaired) electrons. The Morgan fingerprint density at radius 3 is 2.46 bits per heavy atom. The lowest BCUT2D eigenvalue weighted by Crippen LogP contribution is -2.42. The molecule has 1 aliphatic rings. The predicted octanol–water partition coefficient (Wildman–Crippen LogP) is 3.29. The minimum absolute atomic E-state index is 0.526. The number of hydrogen-bond donors (Lipinski definition) is 2. The fourth-order valence-electron chi connectivity index (χ4n) is 3.60. The van der Waals surface area contributed by atoms with Crippen LogP contribution in [0, 0.1) is 0 Å². The molecule has 28 heavy (non-hydrogen) atoms. The van der Waals surface area contributed by atoms with E-state index in [0.29, 0.717) is 31.8 Å². The molecule has 0 bridgehead atoms. The summed E-state index contributed by atoms with van der Waals surface area (Å²) >= 11 is 0. The molecule has 150 valence electrons. The molecule has 1 saturated heterocycles. The van der Waals surface area contributed by atoms with Crippen LogP contribution < -0.4 is 11.1 Å². The van der Waals surface area contributed by atoms with Gasteiger partial charge in [0.15, 0.2) is 5.96 Å². The number of likely N-dealkylation sites (N-methyl/N-ethyl adjacent to an activating group) is 1. The number of aliphatic imine (C=N–C) groups is 1. The lowest BCUT2D eigenvalue weighted by Gasteiger charge is -2.23. The van der Waals surface area contributed by atoms with Crippen molar-refractivity contribution in [3.63, 3.8) is 0 Å². The van der Waals surface area contributed by atoms with Crippen LogP contribution in [0.15, 0.2) is 59.6 Å². The predicted molar refractivity (Wildman–Crippen MR) is 115 cm³/mol. The molecule has 2 aromatic rings. The summed E-state index contributed by atoms with van der Waals surface area (Å²) in [4.78, 5) is 6.97. The zero-order valence-electron chi connectivity index (χ0n) is 16.8. The summed E-state index contributed by atoms with van der Waals surface area (Å²) in [7, 11) is 0. The summed E-state index contributed by atoms with van der Waals surface area (Å²) in [6.45, 7) is 7.22. The molecule has 0 spiro atoms. The van der Waals surface area contributed by atoms with Gasteiger partial charge in [0.1, 0.15) is 0 Å². The number of rotatable bonds is 9. The van der Waals surface area contributed by atoms with Crippen molar-refractivity contribution in [2.24, 2.45) is 10.7 Å². The summed E-state index contributed by atoms with van der Waals surface area (Å²) in [6, 6.07) is 19.2. The van der Waals surface area contributed by atoms with E-state index in [1.807, 2.05) is 18.2 Å². The van der Waals surface area contributed by atoms with Gasteiger partial charge in [-0.3, -0.25) is 4.90 Å². The highest BCUT2D eigenvalue weighted by Crippen LogP contribution is 2.15. The third-order valence-corrected chi connectivity index (χ3v) is 5.26. The van der Waals surface area contributed by atoms with Crippen LogP contribution in [-0.4, -0.2) is 36.5 Å². The van der Waals surface area contributed by atoms with E-state index in [9.17, 15) is 0 Å². The number of guanidine groups is 1. The topological polar surface area (TPSA) is 62.9 Å². The van der Waals surface area contributed by atoms with Crippen LogP contribution in [0.4, 0.5) is 0 Å². The molecule has 1 aliphatic heterocycles. The molecular formula is C23H32N4O. The quantitative estimate of drug-likeness (QED) is 0.518. The number of benzene rings is 2. The number of nitrogens with zero attached hydrogens (tertiary/aromatic N) is 2. The molecule has 1 heterocycles. The van der Waals surface area contributed by atoms with Gasteiger partial charge in [-0.2, -0.15) is 0 Å². The standard InChI is InChI=1S/C23H32N4O/c1-2-27-14-6-9-22(27)16-26-23(24)25-15-19-10-12-21(13-11-19)18-28-17-20-7-4-3-5-8-20/h3-5,7-8,10-13,22H,2,6,9,14-18H2,1H3,(H3,24,25,26). The Balaban J connectivity index is 1.39. The number of nitrogens with one attached hydrogen (secondary N) is 1. The van der Waals surface area contributed by atoms with E-state index in [0.717, 1.165) is 24.2 Å². The highest BCUT2D eigenvalue weighted by Gasteiger charge is 2.22. The Morgan fingerprint density at radius 1 is 1.07 bits per heavy atom. The van der Waals surface area contributed by atoms with E-state index in [1.165, 1.54) is 24.9 Å². The molecule has 3 N–H and O–H groups in total. The van der Waals surface area contributed by atoms with E-state index < -0.39 is 0 Å². The van der Waals surface area contributed by atoms with Crippen molar-refractivity contribution in [3.05, 3.63) is 71.3 Å². The fourth-order valence-corrected chi connectivity index (χ4v) is 3.60. The molecule has 5 nitrogen and oxygen atoms in total. The van der Waals surface area contributed by atoms with Crippen LogP contribution >= 0.6 is 0 Å². The van der Waals surface area contributed by atoms with Gasteiger partial charge in [0, 0.05) is 12.6 Å². The molecule has 0 aromatic heterocycles. The van der Waals surface area contributed by atoms with Crippen LogP contribution in [0.3, 0.4) is 0 Å². The van der Waals surface area contributed by atoms with Crippen molar-refractivity contribution in [3.8, 4) is 0 Å². The van der Waals surface area contributed by atoms with Gasteiger partial charge in [0.2, 0.25) is 0 Å². The van der Waals surface area contributed by atoms with E-state index in [-0.39, 0.29) is 0 Å². The summed E-state index contributed by atoms with van der Waals surface area (Å²) in [6.07, 6.45) is 2.51. The van der Waals surface area contributed by atoms with Gasteiger partial charge in [-0.25, -0.2) is 4.99 Å². The van der Waals surface area contributed by atoms with Crippen molar-refractivity contribution in [2.45, 2.75) is 45.6 Å². The van der Waals surface area contributed by atoms with E-state index in [4.69, 9.17) is 10.5 Å². The molecule has 1 fully saturated rings. The van der Waals surface area contributed by atoms with Gasteiger partial charge < -0.3 is 15.8 Å². The first-order chi connectivity index (χ1) is 13.7. The van der Waals surface area contributed by atoms with Crippen molar-refractivity contribution in [1.29, 1.82) is 0 Å². The van der Waals surface area contributed by atoms with Gasteiger partial charge in [-0.1, -0.05) is 61.5 Å². The van der Waals surface area contributed by atoms with Crippen molar-refractivity contribution in [1.82, 2.24) is 10.2 Å². The van der Waals surface area contributed by atoms with E-state index in [2.05, 4.69) is 58.5 Å². The molecular weight excluding hydrogens is 348 g/mol. The largest absolute Gasteiger partial charge is 0.372 e. The average Bonchev–Trinajstić information content (AvgIpc) is 3.20. The number of nitrogens with two attached hydrogens (primary N) is 1. The Kier molecular flexibility index (Phi) is 7.88. The van der Waals surface area contributed by atoms with E-state index in [1.54, 1.807) is 0 Å². The maximum absolute atomic E-state index is 6.04. The first-order valence-corrected chi connectivity index (χ1v) is 10.2. The molecule has 0 aliphatic carbocycles. The van der Waals surface area contributed by atoms with Crippen LogP contribution in [0.25, 0.3) is 0 Å². The zero-order valence-corrected chi connectivity index (χ0v) is 16.8. The monoisotopic (exact) mass is 380 g/mol. The maximum Gasteiger partial charge on any atom is 0.188 e. The van der Waals surface area contributed by atoms with Gasteiger partial charge in [-0.05, 0) is 42.6 Å². The number of likely N-dealkylation sites (tertiary alicyclic amines) is 1. The van der Waals surface area contributed by atoms with Gasteiger partial charge in [0.25, 0.3) is 0 Å². The molecule has 5 heteroatoms. The van der Waals surface area contributed by atoms with Crippen LogP contribution in [0.2, 0.25) is 0 Å². The first-order valence-electron chi connectivity index (χ1n) is 10.2. The van der Waals surface area contributed by atoms with Crippen LogP contribution in [0.1, 0.15) is 36.5 Å². The Morgan fingerprint density at radius 2 is 1.75 bits per heavy atom. The molecule has 1 unspecified atom stereocenters. The highest BCUT2D eigenvalue weighted by atomic mass is 16.5. The van der Waals surface area contributed by atoms with E-state index >= 15 is 0 Å². The van der Waals surface area contributed by atoms with Crippen molar-refractivity contribution >= 4 is 5.96 Å². The Bertz CT molecular complexity index is 730. The minimum atomic E-state index is 0.526. The van der Waals surface area contributed by atoms with Crippen molar-refractivity contribution in [2.75, 3.05) is 19.6 Å². The third kappa shape index (κ3) is 6.36. The molecule has 0 amide bonds. The second kappa shape index (κ2) is 10.8. The van der Waals surface area contributed by atoms with Gasteiger partial charge in [-0.15, -0.1) is 0 Å². The molecule has 2 aromatic carbocycles. The second-order valence-corrected chi connectivity index (χ2v) is 7.30. The molecule has 0 saturated carbocycles. The van der Waals surface area contributed by atoms with Crippen LogP contribution in [-0.2, 0) is 24.5 Å². The lowest BCUT2D eigenvalue weighted by molar-refractivity contribution is 0.107. The first kappa shape index (κ1) is 20.4. The van der Waals surface area contributed by atoms with Crippen LogP contribution in [0.5, 0.6) is 0 Å². The van der Waals surface area contributed by atoms with Gasteiger partial charge >= 0.3 is 0 Å². The smallest absolute Gasteiger partial charge is 0.188 e. The fraction of sp³-hybridized carbons (Fsp3) is 0.435. The average molecular weight is 381 g/mol. The normalized spacial score (nSPS) is 17.8. The Labute approximate surface area is 168 Å². The SMILES string of the molecule is CCN1CCCC1CNC(N)=NCc1ccc(COCc2ccccc2)cc1. The zero-order chi connectivity index (χ0) is 19.6. The highest BCUT2D eigenvalue weighted by molar-refractivity contribution is 5.77. The third-order valence-electron chi connectivity index (χ3n) is 5.26. The number of ether oxygens (including phenoxy) is 1. The van der Waals surface area contributed by atoms with Gasteiger partial charge in [0.05, 0.1) is 19.8 Å². The maximum atomic E-state index is 6.04. The minimum Gasteiger partial charge on any atom is -0.372 e. The second-order valence-electron chi connectivity index (χ2n) is 7.30.